The van der Waals surface area contributed by atoms with Gasteiger partial charge in [0.1, 0.15) is 23.4 Å². The fraction of sp³-hybridized carbons (Fsp3) is 0.476. The highest BCUT2D eigenvalue weighted by atomic mass is 16.5. The van der Waals surface area contributed by atoms with Gasteiger partial charge in [0.2, 0.25) is 0 Å². The largest absolute Gasteiger partial charge is 0.508 e. The molecule has 0 aliphatic carbocycles. The van der Waals surface area contributed by atoms with Crippen molar-refractivity contribution in [2.75, 3.05) is 0 Å². The number of hydrogen-bond donors (Lipinski definition) is 3. The van der Waals surface area contributed by atoms with Crippen molar-refractivity contribution in [3.8, 4) is 22.8 Å². The average molecular weight is 376 g/mol. The number of benzene rings is 1. The summed E-state index contributed by atoms with van der Waals surface area (Å²) in [6.07, 6.45) is 3.79. The molecule has 0 spiro atoms. The topological polar surface area (TPSA) is 100 Å². The van der Waals surface area contributed by atoms with Crippen LogP contribution in [0, 0.1) is 0 Å². The van der Waals surface area contributed by atoms with Gasteiger partial charge in [-0.1, -0.05) is 13.3 Å². The Labute approximate surface area is 159 Å². The van der Waals surface area contributed by atoms with Crippen molar-refractivity contribution in [2.45, 2.75) is 64.6 Å². The molecular formula is C21H28O6. The lowest BCUT2D eigenvalue weighted by atomic mass is 9.97. The zero-order chi connectivity index (χ0) is 20.0. The van der Waals surface area contributed by atoms with Gasteiger partial charge in [-0.25, -0.2) is 0 Å². The van der Waals surface area contributed by atoms with E-state index in [1.807, 2.05) is 6.92 Å². The van der Waals surface area contributed by atoms with E-state index in [9.17, 15) is 20.1 Å². The lowest BCUT2D eigenvalue weighted by Gasteiger charge is -2.22. The van der Waals surface area contributed by atoms with Crippen LogP contribution in [-0.4, -0.2) is 26.9 Å². The molecule has 2 aromatic rings. The van der Waals surface area contributed by atoms with Gasteiger partial charge < -0.3 is 24.5 Å². The van der Waals surface area contributed by atoms with E-state index in [0.717, 1.165) is 12.8 Å². The Balaban J connectivity index is 2.22. The second kappa shape index (κ2) is 8.95. The normalized spacial score (nSPS) is 12.7. The van der Waals surface area contributed by atoms with E-state index in [1.165, 1.54) is 24.5 Å². The molecule has 27 heavy (non-hydrogen) atoms. The first-order valence-electron chi connectivity index (χ1n) is 9.22. The van der Waals surface area contributed by atoms with E-state index >= 15 is 0 Å². The number of unbranched alkanes of at least 4 members (excludes halogenated alkanes) is 1. The molecule has 1 aromatic heterocycles. The standard InChI is InChI=1S/C21H28O6/c1-4-5-6-20(24)27-18(9-10-21(2,3)25)14-11-19(26-13-14)16-12-15(22)7-8-17(16)23/h7-8,11-13,18,22-23,25H,4-6,9-10H2,1-3H3. The van der Waals surface area contributed by atoms with Gasteiger partial charge in [0.25, 0.3) is 0 Å². The molecule has 0 fully saturated rings. The van der Waals surface area contributed by atoms with Crippen molar-refractivity contribution in [3.05, 3.63) is 36.1 Å². The third kappa shape index (κ3) is 6.32. The summed E-state index contributed by atoms with van der Waals surface area (Å²) in [5.74, 6) is 0.0452. The average Bonchev–Trinajstić information content (AvgIpc) is 3.07. The Morgan fingerprint density at radius 1 is 1.26 bits per heavy atom. The molecule has 0 aliphatic heterocycles. The van der Waals surface area contributed by atoms with Crippen LogP contribution in [0.15, 0.2) is 34.9 Å². The van der Waals surface area contributed by atoms with Gasteiger partial charge in [0.05, 0.1) is 17.4 Å². The molecule has 0 bridgehead atoms. The molecule has 2 rings (SSSR count). The smallest absolute Gasteiger partial charge is 0.306 e. The van der Waals surface area contributed by atoms with Crippen LogP contribution in [-0.2, 0) is 9.53 Å². The van der Waals surface area contributed by atoms with Crippen molar-refractivity contribution in [1.29, 1.82) is 0 Å². The Morgan fingerprint density at radius 2 is 2.00 bits per heavy atom. The maximum absolute atomic E-state index is 12.1. The summed E-state index contributed by atoms with van der Waals surface area (Å²) < 4.78 is 11.2. The number of carbonyl (C=O) groups excluding carboxylic acids is 1. The predicted molar refractivity (Wildman–Crippen MR) is 101 cm³/mol. The zero-order valence-electron chi connectivity index (χ0n) is 16.1. The number of furan rings is 1. The van der Waals surface area contributed by atoms with Crippen LogP contribution >= 0.6 is 0 Å². The molecule has 1 heterocycles. The number of aliphatic hydroxyl groups is 1. The first-order chi connectivity index (χ1) is 12.7. The van der Waals surface area contributed by atoms with E-state index in [4.69, 9.17) is 9.15 Å². The lowest BCUT2D eigenvalue weighted by Crippen LogP contribution is -2.21. The summed E-state index contributed by atoms with van der Waals surface area (Å²) in [5.41, 5.74) is 0.103. The van der Waals surface area contributed by atoms with Crippen LogP contribution in [0.5, 0.6) is 11.5 Å². The van der Waals surface area contributed by atoms with Crippen molar-refractivity contribution < 1.29 is 29.3 Å². The number of phenols is 2. The fourth-order valence-corrected chi connectivity index (χ4v) is 2.70. The first kappa shape index (κ1) is 20.8. The Hall–Kier alpha value is -2.47. The molecule has 1 unspecified atom stereocenters. The van der Waals surface area contributed by atoms with E-state index in [-0.39, 0.29) is 17.5 Å². The molecule has 1 aromatic carbocycles. The highest BCUT2D eigenvalue weighted by Crippen LogP contribution is 2.36. The highest BCUT2D eigenvalue weighted by molar-refractivity contribution is 5.70. The third-order valence-corrected chi connectivity index (χ3v) is 4.26. The van der Waals surface area contributed by atoms with Gasteiger partial charge in [-0.05, 0) is 57.4 Å². The second-order valence-corrected chi connectivity index (χ2v) is 7.38. The highest BCUT2D eigenvalue weighted by Gasteiger charge is 2.23. The molecule has 0 saturated heterocycles. The molecule has 0 amide bonds. The Morgan fingerprint density at radius 3 is 2.67 bits per heavy atom. The van der Waals surface area contributed by atoms with Gasteiger partial charge in [-0.2, -0.15) is 0 Å². The van der Waals surface area contributed by atoms with Crippen molar-refractivity contribution >= 4 is 5.97 Å². The molecular weight excluding hydrogens is 348 g/mol. The number of rotatable bonds is 9. The molecule has 0 radical (unpaired) electrons. The fourth-order valence-electron chi connectivity index (χ4n) is 2.70. The van der Waals surface area contributed by atoms with Crippen molar-refractivity contribution in [3.63, 3.8) is 0 Å². The molecule has 3 N–H and O–H groups in total. The van der Waals surface area contributed by atoms with E-state index in [1.54, 1.807) is 19.9 Å². The first-order valence-corrected chi connectivity index (χ1v) is 9.22. The van der Waals surface area contributed by atoms with Crippen LogP contribution in [0.3, 0.4) is 0 Å². The van der Waals surface area contributed by atoms with E-state index in [2.05, 4.69) is 0 Å². The summed E-state index contributed by atoms with van der Waals surface area (Å²) in [5, 5.41) is 29.7. The van der Waals surface area contributed by atoms with Gasteiger partial charge in [0.15, 0.2) is 0 Å². The quantitative estimate of drug-likeness (QED) is 0.434. The van der Waals surface area contributed by atoms with Gasteiger partial charge in [-0.3, -0.25) is 4.79 Å². The van der Waals surface area contributed by atoms with Crippen LogP contribution < -0.4 is 0 Å². The minimum Gasteiger partial charge on any atom is -0.508 e. The summed E-state index contributed by atoms with van der Waals surface area (Å²) in [6.45, 7) is 5.41. The van der Waals surface area contributed by atoms with Gasteiger partial charge >= 0.3 is 5.97 Å². The van der Waals surface area contributed by atoms with Crippen molar-refractivity contribution in [2.24, 2.45) is 0 Å². The second-order valence-electron chi connectivity index (χ2n) is 7.38. The van der Waals surface area contributed by atoms with Crippen LogP contribution in [0.2, 0.25) is 0 Å². The molecule has 0 aliphatic rings. The molecule has 6 heteroatoms. The molecule has 1 atom stereocenters. The molecule has 148 valence electrons. The van der Waals surface area contributed by atoms with Crippen LogP contribution in [0.25, 0.3) is 11.3 Å². The summed E-state index contributed by atoms with van der Waals surface area (Å²) >= 11 is 0. The molecule has 6 nitrogen and oxygen atoms in total. The van der Waals surface area contributed by atoms with Gasteiger partial charge in [-0.15, -0.1) is 0 Å². The summed E-state index contributed by atoms with van der Waals surface area (Å²) in [7, 11) is 0. The summed E-state index contributed by atoms with van der Waals surface area (Å²) in [6, 6.07) is 5.83. The third-order valence-electron chi connectivity index (χ3n) is 4.26. The minimum absolute atomic E-state index is 0.00493. The SMILES string of the molecule is CCCCC(=O)OC(CCC(C)(C)O)c1coc(-c2cc(O)ccc2O)c1. The summed E-state index contributed by atoms with van der Waals surface area (Å²) in [4.78, 5) is 12.1. The predicted octanol–water partition coefficient (Wildman–Crippen LogP) is 4.68. The number of esters is 1. The molecule has 0 saturated carbocycles. The maximum Gasteiger partial charge on any atom is 0.306 e. The Kier molecular flexibility index (Phi) is 6.91. The number of hydrogen-bond acceptors (Lipinski definition) is 6. The van der Waals surface area contributed by atoms with Gasteiger partial charge in [0, 0.05) is 12.0 Å². The maximum atomic E-state index is 12.1. The van der Waals surface area contributed by atoms with Crippen LogP contribution in [0.4, 0.5) is 0 Å². The van der Waals surface area contributed by atoms with E-state index in [0.29, 0.717) is 36.1 Å². The number of ether oxygens (including phenoxy) is 1. The minimum atomic E-state index is -0.885. The number of aromatic hydroxyl groups is 2. The monoisotopic (exact) mass is 376 g/mol. The van der Waals surface area contributed by atoms with E-state index < -0.39 is 11.7 Å². The number of phenolic OH excluding ortho intramolecular Hbond substituents is 2. The number of carbonyl (C=O) groups is 1. The Bertz CT molecular complexity index is 756. The zero-order valence-corrected chi connectivity index (χ0v) is 16.1. The van der Waals surface area contributed by atoms with Crippen LogP contribution in [0.1, 0.15) is 64.5 Å². The van der Waals surface area contributed by atoms with Crippen molar-refractivity contribution in [1.82, 2.24) is 0 Å². The lowest BCUT2D eigenvalue weighted by molar-refractivity contribution is -0.150.